The summed E-state index contributed by atoms with van der Waals surface area (Å²) in [5.41, 5.74) is 0. The number of carbonyl (C=O) groups is 2. The third-order valence-corrected chi connectivity index (χ3v) is 11.2. The lowest BCUT2D eigenvalue weighted by Gasteiger charge is -2.39. The van der Waals surface area contributed by atoms with Gasteiger partial charge in [-0.15, -0.1) is 0 Å². The van der Waals surface area contributed by atoms with Gasteiger partial charge in [-0.3, -0.25) is 9.59 Å². The minimum Gasteiger partial charge on any atom is -0.462 e. The van der Waals surface area contributed by atoms with Gasteiger partial charge in [-0.05, 0) is 77.0 Å². The summed E-state index contributed by atoms with van der Waals surface area (Å²) in [6.45, 7) is 3.38. The van der Waals surface area contributed by atoms with Crippen LogP contribution in [0, 0.1) is 0 Å². The zero-order chi connectivity index (χ0) is 44.4. The quantitative estimate of drug-likeness (QED) is 0.0265. The van der Waals surface area contributed by atoms with Crippen molar-refractivity contribution in [3.63, 3.8) is 0 Å². The average Bonchev–Trinajstić information content (AvgIpc) is 3.26. The van der Waals surface area contributed by atoms with E-state index in [1.165, 1.54) is 109 Å². The topological polar surface area (TPSA) is 152 Å². The Hall–Kier alpha value is -2.34. The summed E-state index contributed by atoms with van der Waals surface area (Å²) in [7, 11) is 0. The lowest BCUT2D eigenvalue weighted by molar-refractivity contribution is -0.305. The fourth-order valence-electron chi connectivity index (χ4n) is 7.25. The lowest BCUT2D eigenvalue weighted by Crippen LogP contribution is -2.59. The summed E-state index contributed by atoms with van der Waals surface area (Å²) in [5.74, 6) is -0.832. The number of allylic oxidation sites excluding steroid dienone is 8. The van der Waals surface area contributed by atoms with Crippen molar-refractivity contribution in [2.75, 3.05) is 19.8 Å². The molecule has 6 atom stereocenters. The number of aliphatic hydroxyl groups is 4. The molecule has 0 aromatic carbocycles. The Kier molecular flexibility index (Phi) is 38.7. The number of hydrogen-bond acceptors (Lipinski definition) is 10. The second-order valence-corrected chi connectivity index (χ2v) is 16.9. The molecule has 4 N–H and O–H groups in total. The highest BCUT2D eigenvalue weighted by molar-refractivity contribution is 5.70. The number of rotatable bonds is 41. The van der Waals surface area contributed by atoms with E-state index >= 15 is 0 Å². The summed E-state index contributed by atoms with van der Waals surface area (Å²) < 4.78 is 22.2. The van der Waals surface area contributed by atoms with Crippen molar-refractivity contribution in [3.8, 4) is 0 Å². The van der Waals surface area contributed by atoms with E-state index in [-0.39, 0.29) is 32.0 Å². The molecule has 0 aliphatic carbocycles. The van der Waals surface area contributed by atoms with E-state index in [9.17, 15) is 30.0 Å². The summed E-state index contributed by atoms with van der Waals surface area (Å²) in [4.78, 5) is 25.4. The summed E-state index contributed by atoms with van der Waals surface area (Å²) >= 11 is 0. The number of unbranched alkanes of at least 4 members (excludes halogenated alkanes) is 22. The maximum atomic E-state index is 12.8. The zero-order valence-corrected chi connectivity index (χ0v) is 38.7. The fraction of sp³-hybridized carbons (Fsp3) is 0.804. The van der Waals surface area contributed by atoms with Gasteiger partial charge in [0, 0.05) is 12.8 Å². The molecule has 10 heteroatoms. The number of carbonyl (C=O) groups excluding carboxylic acids is 2. The maximum Gasteiger partial charge on any atom is 0.306 e. The van der Waals surface area contributed by atoms with Crippen LogP contribution in [-0.2, 0) is 28.5 Å². The summed E-state index contributed by atoms with van der Waals surface area (Å²) in [5, 5.41) is 40.2. The van der Waals surface area contributed by atoms with Crippen molar-refractivity contribution in [3.05, 3.63) is 48.6 Å². The van der Waals surface area contributed by atoms with Gasteiger partial charge in [0.05, 0.1) is 13.2 Å². The van der Waals surface area contributed by atoms with Crippen molar-refractivity contribution in [1.82, 2.24) is 0 Å². The van der Waals surface area contributed by atoms with Crippen LogP contribution in [0.15, 0.2) is 48.6 Å². The molecule has 1 heterocycles. The second-order valence-electron chi connectivity index (χ2n) is 16.9. The third kappa shape index (κ3) is 32.9. The predicted octanol–water partition coefficient (Wildman–Crippen LogP) is 11.2. The second kappa shape index (κ2) is 41.7. The van der Waals surface area contributed by atoms with Crippen LogP contribution < -0.4 is 0 Å². The minimum atomic E-state index is -1.60. The molecule has 0 spiro atoms. The standard InChI is InChI=1S/C51H90O10/c1-3-5-7-9-11-13-15-17-19-21-22-24-25-27-29-31-33-35-37-39-46(53)58-42-44(43-59-51-50(57)49(56)48(55)45(41-52)61-51)60-47(54)40-38-36-34-32-30-28-26-23-20-18-16-14-12-10-8-6-4-2/h12,14,17-20,26,28,44-45,48-52,55-57H,3-11,13,15-16,21-25,27,29-43H2,1-2H3/b14-12+,19-17+,20-18+,28-26+/t44-,45-,48+,49?,50?,51-/m0/s1. The Morgan fingerprint density at radius 3 is 1.43 bits per heavy atom. The van der Waals surface area contributed by atoms with Crippen molar-refractivity contribution < 1.29 is 49.0 Å². The highest BCUT2D eigenvalue weighted by Gasteiger charge is 2.44. The first-order valence-corrected chi connectivity index (χ1v) is 24.7. The number of esters is 2. The van der Waals surface area contributed by atoms with E-state index in [1.807, 2.05) is 0 Å². The first kappa shape index (κ1) is 56.7. The minimum absolute atomic E-state index is 0.203. The van der Waals surface area contributed by atoms with Crippen LogP contribution in [0.5, 0.6) is 0 Å². The molecule has 1 aliphatic heterocycles. The lowest BCUT2D eigenvalue weighted by atomic mass is 9.99. The smallest absolute Gasteiger partial charge is 0.306 e. The fourth-order valence-corrected chi connectivity index (χ4v) is 7.25. The maximum absolute atomic E-state index is 12.8. The largest absolute Gasteiger partial charge is 0.462 e. The predicted molar refractivity (Wildman–Crippen MR) is 247 cm³/mol. The number of ether oxygens (including phenoxy) is 4. The van der Waals surface area contributed by atoms with Crippen LogP contribution in [0.1, 0.15) is 206 Å². The Morgan fingerprint density at radius 2 is 0.918 bits per heavy atom. The summed E-state index contributed by atoms with van der Waals surface area (Å²) in [6, 6.07) is 0. The summed E-state index contributed by atoms with van der Waals surface area (Å²) in [6.07, 6.45) is 42.5. The van der Waals surface area contributed by atoms with Gasteiger partial charge in [0.2, 0.25) is 0 Å². The third-order valence-electron chi connectivity index (χ3n) is 11.2. The Morgan fingerprint density at radius 1 is 0.508 bits per heavy atom. The van der Waals surface area contributed by atoms with Crippen LogP contribution in [0.3, 0.4) is 0 Å². The van der Waals surface area contributed by atoms with Gasteiger partial charge in [0.1, 0.15) is 31.0 Å². The van der Waals surface area contributed by atoms with Gasteiger partial charge in [-0.2, -0.15) is 0 Å². The molecule has 1 rings (SSSR count). The molecular formula is C51H90O10. The van der Waals surface area contributed by atoms with Crippen molar-refractivity contribution in [1.29, 1.82) is 0 Å². The Bertz CT molecular complexity index is 1130. The molecule has 0 aromatic heterocycles. The molecule has 61 heavy (non-hydrogen) atoms. The molecule has 1 fully saturated rings. The molecule has 2 unspecified atom stereocenters. The van der Waals surface area contributed by atoms with Crippen molar-refractivity contribution in [2.45, 2.75) is 243 Å². The van der Waals surface area contributed by atoms with Crippen molar-refractivity contribution >= 4 is 11.9 Å². The van der Waals surface area contributed by atoms with E-state index < -0.39 is 49.4 Å². The van der Waals surface area contributed by atoms with E-state index in [0.29, 0.717) is 6.42 Å². The van der Waals surface area contributed by atoms with E-state index in [1.54, 1.807) is 0 Å². The molecule has 0 bridgehead atoms. The first-order valence-electron chi connectivity index (χ1n) is 24.7. The normalized spacial score (nSPS) is 20.1. The van der Waals surface area contributed by atoms with Gasteiger partial charge in [-0.1, -0.05) is 165 Å². The van der Waals surface area contributed by atoms with Gasteiger partial charge >= 0.3 is 11.9 Å². The Labute approximate surface area is 371 Å². The molecular weight excluding hydrogens is 773 g/mol. The van der Waals surface area contributed by atoms with Crippen LogP contribution in [0.25, 0.3) is 0 Å². The van der Waals surface area contributed by atoms with Gasteiger partial charge in [0.25, 0.3) is 0 Å². The van der Waals surface area contributed by atoms with E-state index in [2.05, 4.69) is 62.5 Å². The van der Waals surface area contributed by atoms with Gasteiger partial charge in [0.15, 0.2) is 12.4 Å². The molecule has 0 radical (unpaired) electrons. The molecule has 354 valence electrons. The zero-order valence-electron chi connectivity index (χ0n) is 38.7. The molecule has 0 aromatic rings. The van der Waals surface area contributed by atoms with Crippen molar-refractivity contribution in [2.24, 2.45) is 0 Å². The molecule has 10 nitrogen and oxygen atoms in total. The van der Waals surface area contributed by atoms with Gasteiger partial charge in [-0.25, -0.2) is 0 Å². The van der Waals surface area contributed by atoms with Crippen LogP contribution in [0.4, 0.5) is 0 Å². The molecule has 1 aliphatic rings. The highest BCUT2D eigenvalue weighted by atomic mass is 16.7. The first-order chi connectivity index (χ1) is 29.8. The number of hydrogen-bond donors (Lipinski definition) is 4. The highest BCUT2D eigenvalue weighted by Crippen LogP contribution is 2.23. The van der Waals surface area contributed by atoms with Crippen LogP contribution >= 0.6 is 0 Å². The Balaban J connectivity index is 2.30. The molecule has 0 saturated carbocycles. The number of aliphatic hydroxyl groups excluding tert-OH is 4. The van der Waals surface area contributed by atoms with Crippen LogP contribution in [-0.4, -0.2) is 89.0 Å². The van der Waals surface area contributed by atoms with E-state index in [0.717, 1.165) is 64.2 Å². The van der Waals surface area contributed by atoms with Crippen LogP contribution in [0.2, 0.25) is 0 Å². The van der Waals surface area contributed by atoms with E-state index in [4.69, 9.17) is 18.9 Å². The van der Waals surface area contributed by atoms with Gasteiger partial charge < -0.3 is 39.4 Å². The molecule has 1 saturated heterocycles. The average molecular weight is 863 g/mol. The molecule has 0 amide bonds. The monoisotopic (exact) mass is 863 g/mol. The SMILES string of the molecule is CCCCC/C=C/C/C=C/C/C=C/CCCCCCC(=O)O[C@@H](COC(=O)CCCCCCCCCCC/C=C/CCCCCCCC)CO[C@H]1O[C@@H](CO)[C@@H](O)C(O)C1O.